The van der Waals surface area contributed by atoms with E-state index in [1.165, 1.54) is 13.2 Å². The highest BCUT2D eigenvalue weighted by Crippen LogP contribution is 2.17. The van der Waals surface area contributed by atoms with Gasteiger partial charge in [0.1, 0.15) is 23.8 Å². The average molecular weight is 551 g/mol. The largest absolute Gasteiger partial charge is 0.388 e. The van der Waals surface area contributed by atoms with Crippen LogP contribution in [-0.2, 0) is 15.9 Å². The third kappa shape index (κ3) is 10.3. The van der Waals surface area contributed by atoms with Gasteiger partial charge in [0.25, 0.3) is 11.8 Å². The standard InChI is InChI=1S/C29H40F2N2O6/c1-5-7-33(8-6-2)29(37)22-12-19(3)11-21(16-22)28(36)32-25(15-20-13-23(30)17-24(31)14-20)27(35)26(34)18-39-10-9-38-4/h11-14,16-17,25-27,34-35H,5-10,15,18H2,1-4H3,(H,32,36)/t25-,26?,27+/m0/s1. The van der Waals surface area contributed by atoms with Crippen molar-refractivity contribution < 1.29 is 38.1 Å². The Morgan fingerprint density at radius 2 is 1.56 bits per heavy atom. The van der Waals surface area contributed by atoms with Crippen LogP contribution in [0.25, 0.3) is 0 Å². The Bertz CT molecular complexity index is 1060. The number of nitrogens with zero attached hydrogens (tertiary/aromatic N) is 1. The summed E-state index contributed by atoms with van der Waals surface area (Å²) in [4.78, 5) is 28.2. The van der Waals surface area contributed by atoms with Crippen LogP contribution < -0.4 is 5.32 Å². The highest BCUT2D eigenvalue weighted by molar-refractivity contribution is 6.00. The van der Waals surface area contributed by atoms with E-state index < -0.39 is 35.8 Å². The van der Waals surface area contributed by atoms with Gasteiger partial charge in [-0.05, 0) is 67.6 Å². The van der Waals surface area contributed by atoms with Crippen LogP contribution in [0.15, 0.2) is 36.4 Å². The average Bonchev–Trinajstić information content (AvgIpc) is 2.88. The first kappa shape index (κ1) is 32.3. The number of halogens is 2. The Labute approximate surface area is 228 Å². The Hall–Kier alpha value is -2.92. The van der Waals surface area contributed by atoms with Gasteiger partial charge in [-0.3, -0.25) is 9.59 Å². The van der Waals surface area contributed by atoms with E-state index in [0.29, 0.717) is 24.2 Å². The first-order valence-corrected chi connectivity index (χ1v) is 13.2. The van der Waals surface area contributed by atoms with Crippen molar-refractivity contribution in [2.24, 2.45) is 0 Å². The summed E-state index contributed by atoms with van der Waals surface area (Å²) in [6, 6.07) is 6.57. The number of amides is 2. The molecule has 2 rings (SSSR count). The second-order valence-electron chi connectivity index (χ2n) is 9.57. The van der Waals surface area contributed by atoms with E-state index in [-0.39, 0.29) is 43.3 Å². The van der Waals surface area contributed by atoms with Crippen LogP contribution in [0.3, 0.4) is 0 Å². The number of hydrogen-bond donors (Lipinski definition) is 3. The molecule has 0 radical (unpaired) electrons. The molecule has 8 nitrogen and oxygen atoms in total. The van der Waals surface area contributed by atoms with Gasteiger partial charge in [-0.1, -0.05) is 13.8 Å². The lowest BCUT2D eigenvalue weighted by atomic mass is 9.96. The summed E-state index contributed by atoms with van der Waals surface area (Å²) < 4.78 is 37.9. The summed E-state index contributed by atoms with van der Waals surface area (Å²) in [5.41, 5.74) is 1.41. The van der Waals surface area contributed by atoms with Crippen LogP contribution in [0.4, 0.5) is 8.78 Å². The van der Waals surface area contributed by atoms with E-state index in [2.05, 4.69) is 5.32 Å². The molecule has 3 atom stereocenters. The molecular formula is C29H40F2N2O6. The highest BCUT2D eigenvalue weighted by atomic mass is 19.1. The van der Waals surface area contributed by atoms with E-state index in [1.54, 1.807) is 24.0 Å². The number of hydrogen-bond acceptors (Lipinski definition) is 6. The molecule has 0 aliphatic heterocycles. The van der Waals surface area contributed by atoms with Crippen LogP contribution >= 0.6 is 0 Å². The van der Waals surface area contributed by atoms with Crippen LogP contribution in [0.2, 0.25) is 0 Å². The Morgan fingerprint density at radius 1 is 0.949 bits per heavy atom. The fourth-order valence-corrected chi connectivity index (χ4v) is 4.28. The predicted octanol–water partition coefficient (Wildman–Crippen LogP) is 3.26. The lowest BCUT2D eigenvalue weighted by molar-refractivity contribution is -0.0568. The summed E-state index contributed by atoms with van der Waals surface area (Å²) in [6.07, 6.45) is -1.52. The molecule has 1 unspecified atom stereocenters. The predicted molar refractivity (Wildman–Crippen MR) is 144 cm³/mol. The molecule has 10 heteroatoms. The van der Waals surface area contributed by atoms with Crippen LogP contribution in [0, 0.1) is 18.6 Å². The van der Waals surface area contributed by atoms with Crippen LogP contribution in [-0.4, -0.2) is 85.2 Å². The summed E-state index contributed by atoms with van der Waals surface area (Å²) >= 11 is 0. The minimum absolute atomic E-state index is 0.172. The van der Waals surface area contributed by atoms with Crippen molar-refractivity contribution in [3.63, 3.8) is 0 Å². The van der Waals surface area contributed by atoms with Gasteiger partial charge in [-0.2, -0.15) is 0 Å². The van der Waals surface area contributed by atoms with Crippen molar-refractivity contribution in [3.05, 3.63) is 70.3 Å². The number of aryl methyl sites for hydroxylation is 1. The third-order valence-corrected chi connectivity index (χ3v) is 6.08. The van der Waals surface area contributed by atoms with Gasteiger partial charge < -0.3 is 29.9 Å². The van der Waals surface area contributed by atoms with Gasteiger partial charge in [-0.15, -0.1) is 0 Å². The molecule has 0 heterocycles. The van der Waals surface area contributed by atoms with Crippen molar-refractivity contribution in [1.29, 1.82) is 0 Å². The zero-order valence-corrected chi connectivity index (χ0v) is 23.1. The molecule has 0 aliphatic rings. The van der Waals surface area contributed by atoms with Crippen molar-refractivity contribution in [2.45, 2.75) is 58.3 Å². The number of rotatable bonds is 16. The van der Waals surface area contributed by atoms with Gasteiger partial charge in [0.05, 0.1) is 25.9 Å². The summed E-state index contributed by atoms with van der Waals surface area (Å²) in [6.45, 7) is 7.13. The number of ether oxygens (including phenoxy) is 2. The van der Waals surface area contributed by atoms with Gasteiger partial charge in [-0.25, -0.2) is 8.78 Å². The van der Waals surface area contributed by atoms with Gasteiger partial charge >= 0.3 is 0 Å². The number of carbonyl (C=O) groups is 2. The second kappa shape index (κ2) is 16.2. The van der Waals surface area contributed by atoms with E-state index in [0.717, 1.165) is 31.0 Å². The smallest absolute Gasteiger partial charge is 0.253 e. The molecule has 0 spiro atoms. The van der Waals surface area contributed by atoms with Gasteiger partial charge in [0, 0.05) is 37.4 Å². The number of benzene rings is 2. The topological polar surface area (TPSA) is 108 Å². The normalized spacial score (nSPS) is 13.5. The Kier molecular flexibility index (Phi) is 13.5. The number of nitrogens with one attached hydrogen (secondary N) is 1. The molecule has 216 valence electrons. The Morgan fingerprint density at radius 3 is 2.15 bits per heavy atom. The van der Waals surface area contributed by atoms with Crippen molar-refractivity contribution in [1.82, 2.24) is 10.2 Å². The number of aliphatic hydroxyl groups is 2. The van der Waals surface area contributed by atoms with Gasteiger partial charge in [0.15, 0.2) is 0 Å². The van der Waals surface area contributed by atoms with Crippen molar-refractivity contribution in [3.8, 4) is 0 Å². The Balaban J connectivity index is 2.31. The molecule has 0 aromatic heterocycles. The number of aliphatic hydroxyl groups excluding tert-OH is 2. The lowest BCUT2D eigenvalue weighted by Crippen LogP contribution is -2.51. The first-order valence-electron chi connectivity index (χ1n) is 13.2. The zero-order chi connectivity index (χ0) is 28.9. The minimum Gasteiger partial charge on any atom is -0.388 e. The second-order valence-corrected chi connectivity index (χ2v) is 9.57. The van der Waals surface area contributed by atoms with Crippen LogP contribution in [0.1, 0.15) is 58.5 Å². The molecule has 0 bridgehead atoms. The molecular weight excluding hydrogens is 510 g/mol. The summed E-state index contributed by atoms with van der Waals surface area (Å²) in [7, 11) is 1.49. The zero-order valence-electron chi connectivity index (χ0n) is 23.1. The fourth-order valence-electron chi connectivity index (χ4n) is 4.28. The van der Waals surface area contributed by atoms with Crippen molar-refractivity contribution >= 4 is 11.8 Å². The number of methoxy groups -OCH3 is 1. The molecule has 2 aromatic rings. The monoisotopic (exact) mass is 550 g/mol. The summed E-state index contributed by atoms with van der Waals surface area (Å²) in [5.74, 6) is -2.41. The maximum absolute atomic E-state index is 13.8. The SMILES string of the molecule is CCCN(CCC)C(=O)c1cc(C)cc(C(=O)N[C@@H](Cc2cc(F)cc(F)c2)[C@@H](O)C(O)COCCOC)c1. The quantitative estimate of drug-likeness (QED) is 0.277. The molecule has 0 aliphatic carbocycles. The maximum atomic E-state index is 13.8. The van der Waals surface area contributed by atoms with E-state index in [9.17, 15) is 28.6 Å². The fraction of sp³-hybridized carbons (Fsp3) is 0.517. The van der Waals surface area contributed by atoms with Gasteiger partial charge in [0.2, 0.25) is 0 Å². The van der Waals surface area contributed by atoms with E-state index in [1.807, 2.05) is 13.8 Å². The van der Waals surface area contributed by atoms with E-state index >= 15 is 0 Å². The molecule has 39 heavy (non-hydrogen) atoms. The minimum atomic E-state index is -1.53. The highest BCUT2D eigenvalue weighted by Gasteiger charge is 2.29. The molecule has 0 fully saturated rings. The van der Waals surface area contributed by atoms with Crippen molar-refractivity contribution in [2.75, 3.05) is 40.0 Å². The summed E-state index contributed by atoms with van der Waals surface area (Å²) in [5, 5.41) is 24.1. The molecule has 0 saturated heterocycles. The molecule has 2 amide bonds. The maximum Gasteiger partial charge on any atom is 0.253 e. The van der Waals surface area contributed by atoms with Crippen LogP contribution in [0.5, 0.6) is 0 Å². The lowest BCUT2D eigenvalue weighted by Gasteiger charge is -2.28. The molecule has 2 aromatic carbocycles. The first-order chi connectivity index (χ1) is 18.6. The molecule has 3 N–H and O–H groups in total. The molecule has 0 saturated carbocycles. The number of carbonyl (C=O) groups excluding carboxylic acids is 2. The third-order valence-electron chi connectivity index (χ3n) is 6.08. The van der Waals surface area contributed by atoms with E-state index in [4.69, 9.17) is 9.47 Å².